The summed E-state index contributed by atoms with van der Waals surface area (Å²) in [5.74, 6) is 0.945. The highest BCUT2D eigenvalue weighted by atomic mass is 35.5. The van der Waals surface area contributed by atoms with Crippen LogP contribution in [-0.4, -0.2) is 34.8 Å². The molecular weight excluding hydrogens is 316 g/mol. The number of aromatic nitrogens is 2. The topological polar surface area (TPSA) is 79.0 Å². The minimum Gasteiger partial charge on any atom is -0.444 e. The zero-order chi connectivity index (χ0) is 17.3. The van der Waals surface area contributed by atoms with Gasteiger partial charge >= 0.3 is 6.09 Å². The van der Waals surface area contributed by atoms with Crippen molar-refractivity contribution < 1.29 is 9.53 Å². The summed E-state index contributed by atoms with van der Waals surface area (Å²) in [6, 6.07) is 0. The number of aryl methyl sites for hydroxylation is 1. The molecule has 3 N–H and O–H groups in total. The summed E-state index contributed by atoms with van der Waals surface area (Å²) in [5.41, 5.74) is 0.452. The van der Waals surface area contributed by atoms with Crippen LogP contribution in [0.1, 0.15) is 58.5 Å². The van der Waals surface area contributed by atoms with E-state index in [0.29, 0.717) is 18.2 Å². The van der Waals surface area contributed by atoms with Crippen LogP contribution in [0.25, 0.3) is 0 Å². The Bertz CT molecular complexity index is 483. The first-order valence-electron chi connectivity index (χ1n) is 8.22. The number of hydrogen-bond acceptors (Lipinski definition) is 4. The van der Waals surface area contributed by atoms with Crippen molar-refractivity contribution in [3.05, 3.63) is 16.7 Å². The van der Waals surface area contributed by atoms with Gasteiger partial charge in [-0.15, -0.1) is 0 Å². The molecule has 0 aliphatic rings. The number of halogens is 1. The molecule has 0 saturated carbocycles. The molecule has 0 aliphatic carbocycles. The Morgan fingerprint density at radius 3 is 2.70 bits per heavy atom. The van der Waals surface area contributed by atoms with Gasteiger partial charge in [-0.05, 0) is 40.2 Å². The average molecular weight is 345 g/mol. The number of carbonyl (C=O) groups is 1. The van der Waals surface area contributed by atoms with E-state index >= 15 is 0 Å². The quantitative estimate of drug-likeness (QED) is 0.600. The molecule has 1 amide bonds. The Kier molecular flexibility index (Phi) is 8.41. The van der Waals surface area contributed by atoms with Crippen molar-refractivity contribution in [3.63, 3.8) is 0 Å². The van der Waals surface area contributed by atoms with Crippen LogP contribution in [0.2, 0.25) is 5.15 Å². The molecule has 0 fully saturated rings. The average Bonchev–Trinajstić information content (AvgIpc) is 2.79. The number of rotatable bonds is 9. The number of carbonyl (C=O) groups excluding carboxylic acids is 1. The summed E-state index contributed by atoms with van der Waals surface area (Å²) in [6.07, 6.45) is 3.60. The van der Waals surface area contributed by atoms with Crippen molar-refractivity contribution in [1.29, 1.82) is 0 Å². The monoisotopic (exact) mass is 344 g/mol. The van der Waals surface area contributed by atoms with Gasteiger partial charge in [0.1, 0.15) is 11.4 Å². The van der Waals surface area contributed by atoms with Crippen molar-refractivity contribution >= 4 is 17.7 Å². The summed E-state index contributed by atoms with van der Waals surface area (Å²) in [6.45, 7) is 9.67. The molecule has 23 heavy (non-hydrogen) atoms. The second kappa shape index (κ2) is 9.78. The van der Waals surface area contributed by atoms with Gasteiger partial charge in [-0.2, -0.15) is 0 Å². The minimum absolute atomic E-state index is 0.380. The number of H-pyrrole nitrogens is 1. The van der Waals surface area contributed by atoms with E-state index in [0.717, 1.165) is 43.7 Å². The van der Waals surface area contributed by atoms with Crippen LogP contribution in [0.4, 0.5) is 4.79 Å². The van der Waals surface area contributed by atoms with Crippen LogP contribution >= 0.6 is 11.6 Å². The Balaban J connectivity index is 2.15. The lowest BCUT2D eigenvalue weighted by molar-refractivity contribution is 0.0527. The molecule has 0 aliphatic heterocycles. The van der Waals surface area contributed by atoms with Crippen molar-refractivity contribution in [3.8, 4) is 0 Å². The molecule has 0 aromatic carbocycles. The molecule has 132 valence electrons. The molecule has 0 radical (unpaired) electrons. The Morgan fingerprint density at radius 1 is 1.30 bits per heavy atom. The third-order valence-electron chi connectivity index (χ3n) is 3.04. The van der Waals surface area contributed by atoms with Gasteiger partial charge in [0, 0.05) is 19.5 Å². The van der Waals surface area contributed by atoms with Gasteiger partial charge in [-0.3, -0.25) is 0 Å². The van der Waals surface area contributed by atoms with Crippen molar-refractivity contribution in [2.45, 2.75) is 65.5 Å². The molecule has 1 heterocycles. The second-order valence-electron chi connectivity index (χ2n) is 6.52. The number of nitrogens with zero attached hydrogens (tertiary/aromatic N) is 1. The first-order chi connectivity index (χ1) is 10.8. The lowest BCUT2D eigenvalue weighted by atomic mass is 10.2. The molecule has 0 unspecified atom stereocenters. The standard InChI is InChI=1S/C16H29ClN4O2/c1-5-6-8-13-20-12(14(17)21-13)11-18-9-7-10-19-15(22)23-16(2,3)4/h18H,5-11H2,1-4H3,(H,19,22)(H,20,21). The highest BCUT2D eigenvalue weighted by Gasteiger charge is 2.15. The zero-order valence-electron chi connectivity index (χ0n) is 14.6. The van der Waals surface area contributed by atoms with Crippen LogP contribution in [-0.2, 0) is 17.7 Å². The smallest absolute Gasteiger partial charge is 0.407 e. The SMILES string of the molecule is CCCCc1nc(Cl)c(CNCCCNC(=O)OC(C)(C)C)[nH]1. The fraction of sp³-hybridized carbons (Fsp3) is 0.750. The summed E-state index contributed by atoms with van der Waals surface area (Å²) in [7, 11) is 0. The number of alkyl carbamates (subject to hydrolysis) is 1. The largest absolute Gasteiger partial charge is 0.444 e. The maximum atomic E-state index is 11.5. The highest BCUT2D eigenvalue weighted by Crippen LogP contribution is 2.13. The Morgan fingerprint density at radius 2 is 2.04 bits per heavy atom. The van der Waals surface area contributed by atoms with Crippen LogP contribution in [0, 0.1) is 0 Å². The van der Waals surface area contributed by atoms with Gasteiger partial charge in [-0.1, -0.05) is 24.9 Å². The molecule has 1 aromatic heterocycles. The van der Waals surface area contributed by atoms with E-state index < -0.39 is 5.60 Å². The summed E-state index contributed by atoms with van der Waals surface area (Å²) < 4.78 is 5.16. The van der Waals surface area contributed by atoms with Crippen LogP contribution in [0.15, 0.2) is 0 Å². The number of amides is 1. The maximum absolute atomic E-state index is 11.5. The van der Waals surface area contributed by atoms with Crippen LogP contribution in [0.5, 0.6) is 0 Å². The third-order valence-corrected chi connectivity index (χ3v) is 3.36. The van der Waals surface area contributed by atoms with Crippen LogP contribution < -0.4 is 10.6 Å². The zero-order valence-corrected chi connectivity index (χ0v) is 15.3. The van der Waals surface area contributed by atoms with Gasteiger partial charge in [0.2, 0.25) is 0 Å². The maximum Gasteiger partial charge on any atom is 0.407 e. The van der Waals surface area contributed by atoms with Gasteiger partial charge in [0.15, 0.2) is 5.15 Å². The lowest BCUT2D eigenvalue weighted by Crippen LogP contribution is -2.33. The van der Waals surface area contributed by atoms with E-state index in [2.05, 4.69) is 27.5 Å². The first kappa shape index (κ1) is 19.8. The number of ether oxygens (including phenoxy) is 1. The van der Waals surface area contributed by atoms with E-state index in [1.807, 2.05) is 20.8 Å². The normalized spacial score (nSPS) is 11.5. The Labute approximate surface area is 143 Å². The fourth-order valence-electron chi connectivity index (χ4n) is 1.95. The number of imidazole rings is 1. The Hall–Kier alpha value is -1.27. The number of aromatic amines is 1. The van der Waals surface area contributed by atoms with Crippen LogP contribution in [0.3, 0.4) is 0 Å². The summed E-state index contributed by atoms with van der Waals surface area (Å²) >= 11 is 6.11. The van der Waals surface area contributed by atoms with E-state index in [9.17, 15) is 4.79 Å². The highest BCUT2D eigenvalue weighted by molar-refractivity contribution is 6.30. The molecule has 1 rings (SSSR count). The second-order valence-corrected chi connectivity index (χ2v) is 6.87. The predicted molar refractivity (Wildman–Crippen MR) is 92.8 cm³/mol. The lowest BCUT2D eigenvalue weighted by Gasteiger charge is -2.19. The molecule has 0 spiro atoms. The number of nitrogens with one attached hydrogen (secondary N) is 3. The van der Waals surface area contributed by atoms with Gasteiger partial charge in [-0.25, -0.2) is 9.78 Å². The fourth-order valence-corrected chi connectivity index (χ4v) is 2.17. The third kappa shape index (κ3) is 8.81. The van der Waals surface area contributed by atoms with Crippen molar-refractivity contribution in [2.24, 2.45) is 0 Å². The molecule has 0 saturated heterocycles. The molecule has 7 heteroatoms. The number of unbranched alkanes of at least 4 members (excludes halogenated alkanes) is 1. The van der Waals surface area contributed by atoms with Gasteiger partial charge < -0.3 is 20.4 Å². The van der Waals surface area contributed by atoms with E-state index in [1.54, 1.807) is 0 Å². The molecular formula is C16H29ClN4O2. The van der Waals surface area contributed by atoms with Gasteiger partial charge in [0.25, 0.3) is 0 Å². The summed E-state index contributed by atoms with van der Waals surface area (Å²) in [5, 5.41) is 6.55. The molecule has 0 bridgehead atoms. The van der Waals surface area contributed by atoms with E-state index in [-0.39, 0.29) is 6.09 Å². The summed E-state index contributed by atoms with van der Waals surface area (Å²) in [4.78, 5) is 19.0. The predicted octanol–water partition coefficient (Wildman–Crippen LogP) is 3.41. The minimum atomic E-state index is -0.463. The van der Waals surface area contributed by atoms with Gasteiger partial charge in [0.05, 0.1) is 5.69 Å². The first-order valence-corrected chi connectivity index (χ1v) is 8.60. The number of hydrogen-bond donors (Lipinski definition) is 3. The van der Waals surface area contributed by atoms with Crippen molar-refractivity contribution in [2.75, 3.05) is 13.1 Å². The van der Waals surface area contributed by atoms with E-state index in [1.165, 1.54) is 0 Å². The molecule has 6 nitrogen and oxygen atoms in total. The molecule has 1 aromatic rings. The van der Waals surface area contributed by atoms with Crippen molar-refractivity contribution in [1.82, 2.24) is 20.6 Å². The molecule has 0 atom stereocenters. The van der Waals surface area contributed by atoms with E-state index in [4.69, 9.17) is 16.3 Å².